The van der Waals surface area contributed by atoms with Gasteiger partial charge in [0.15, 0.2) is 0 Å². The van der Waals surface area contributed by atoms with E-state index in [2.05, 4.69) is 4.90 Å². The highest BCUT2D eigenvalue weighted by molar-refractivity contribution is 7.89. The predicted molar refractivity (Wildman–Crippen MR) is 82.1 cm³/mol. The highest BCUT2D eigenvalue weighted by Gasteiger charge is 2.19. The van der Waals surface area contributed by atoms with Crippen LogP contribution in [0.25, 0.3) is 0 Å². The number of rotatable bonds is 3. The van der Waals surface area contributed by atoms with Crippen molar-refractivity contribution in [3.05, 3.63) is 18.2 Å². The quantitative estimate of drug-likeness (QED) is 0.660. The summed E-state index contributed by atoms with van der Waals surface area (Å²) in [5.74, 6) is 0. The third-order valence-corrected chi connectivity index (χ3v) is 4.91. The maximum absolute atomic E-state index is 11.5. The van der Waals surface area contributed by atoms with E-state index < -0.39 is 10.0 Å². The number of sulfonamides is 1. The van der Waals surface area contributed by atoms with Crippen molar-refractivity contribution in [2.45, 2.75) is 49.5 Å². The summed E-state index contributed by atoms with van der Waals surface area (Å²) in [4.78, 5) is 2.21. The molecule has 0 spiro atoms. The Kier molecular flexibility index (Phi) is 4.55. The average Bonchev–Trinajstić information content (AvgIpc) is 2.65. The van der Waals surface area contributed by atoms with Crippen molar-refractivity contribution in [1.29, 1.82) is 0 Å². The van der Waals surface area contributed by atoms with Gasteiger partial charge in [0, 0.05) is 24.5 Å². The third-order valence-electron chi connectivity index (χ3n) is 4.02. The average molecular weight is 297 g/mol. The summed E-state index contributed by atoms with van der Waals surface area (Å²) in [5, 5.41) is 5.20. The SMILES string of the molecule is CN(c1cc(N)cc(S(N)(=O)=O)c1)C1CCCCCC1. The molecule has 2 rings (SSSR count). The Balaban J connectivity index is 2.29. The zero-order valence-electron chi connectivity index (χ0n) is 11.9. The molecule has 0 aromatic heterocycles. The van der Waals surface area contributed by atoms with Crippen LogP contribution in [0.2, 0.25) is 0 Å². The van der Waals surface area contributed by atoms with Crippen molar-refractivity contribution in [3.8, 4) is 0 Å². The van der Waals surface area contributed by atoms with Crippen LogP contribution >= 0.6 is 0 Å². The number of benzene rings is 1. The lowest BCUT2D eigenvalue weighted by atomic mass is 10.1. The molecule has 0 aliphatic heterocycles. The molecule has 1 aliphatic rings. The van der Waals surface area contributed by atoms with E-state index in [0.717, 1.165) is 18.5 Å². The minimum atomic E-state index is -3.73. The maximum atomic E-state index is 11.5. The molecule has 1 aromatic rings. The predicted octanol–water partition coefficient (Wildman–Crippen LogP) is 2.08. The van der Waals surface area contributed by atoms with E-state index in [-0.39, 0.29) is 4.90 Å². The van der Waals surface area contributed by atoms with E-state index in [9.17, 15) is 8.42 Å². The van der Waals surface area contributed by atoms with Gasteiger partial charge in [-0.1, -0.05) is 25.7 Å². The van der Waals surface area contributed by atoms with Crippen LogP contribution in [0, 0.1) is 0 Å². The van der Waals surface area contributed by atoms with Crippen molar-refractivity contribution in [1.82, 2.24) is 0 Å². The summed E-state index contributed by atoms with van der Waals surface area (Å²) in [6, 6.07) is 5.25. The molecule has 1 aromatic carbocycles. The Bertz CT molecular complexity index is 564. The minimum Gasteiger partial charge on any atom is -0.399 e. The highest BCUT2D eigenvalue weighted by Crippen LogP contribution is 2.28. The number of nitrogens with two attached hydrogens (primary N) is 2. The van der Waals surface area contributed by atoms with Crippen LogP contribution in [0.4, 0.5) is 11.4 Å². The molecule has 6 heteroatoms. The lowest BCUT2D eigenvalue weighted by Gasteiger charge is -2.29. The Morgan fingerprint density at radius 1 is 1.10 bits per heavy atom. The van der Waals surface area contributed by atoms with E-state index in [1.165, 1.54) is 31.7 Å². The summed E-state index contributed by atoms with van der Waals surface area (Å²) >= 11 is 0. The summed E-state index contributed by atoms with van der Waals surface area (Å²) in [5.41, 5.74) is 7.05. The van der Waals surface area contributed by atoms with Gasteiger partial charge in [-0.15, -0.1) is 0 Å². The first-order valence-electron chi connectivity index (χ1n) is 7.04. The van der Waals surface area contributed by atoms with Gasteiger partial charge in [-0.05, 0) is 31.0 Å². The van der Waals surface area contributed by atoms with Crippen LogP contribution in [0.5, 0.6) is 0 Å². The molecule has 0 amide bonds. The van der Waals surface area contributed by atoms with Gasteiger partial charge in [0.05, 0.1) is 4.90 Å². The van der Waals surface area contributed by atoms with E-state index in [1.807, 2.05) is 7.05 Å². The lowest BCUT2D eigenvalue weighted by Crippen LogP contribution is -2.31. The van der Waals surface area contributed by atoms with Gasteiger partial charge in [0.25, 0.3) is 0 Å². The van der Waals surface area contributed by atoms with Gasteiger partial charge in [-0.2, -0.15) is 0 Å². The van der Waals surface area contributed by atoms with Gasteiger partial charge in [0.1, 0.15) is 0 Å². The normalized spacial score (nSPS) is 17.7. The van der Waals surface area contributed by atoms with Crippen molar-refractivity contribution in [2.75, 3.05) is 17.7 Å². The number of anilines is 2. The number of hydrogen-bond acceptors (Lipinski definition) is 4. The third kappa shape index (κ3) is 3.64. The molecule has 1 fully saturated rings. The minimum absolute atomic E-state index is 0.0768. The fourth-order valence-corrected chi connectivity index (χ4v) is 3.41. The summed E-state index contributed by atoms with van der Waals surface area (Å²) in [6.07, 6.45) is 7.28. The van der Waals surface area contributed by atoms with E-state index in [1.54, 1.807) is 12.1 Å². The van der Waals surface area contributed by atoms with E-state index >= 15 is 0 Å². The zero-order valence-corrected chi connectivity index (χ0v) is 12.7. The molecule has 0 saturated heterocycles. The summed E-state index contributed by atoms with van der Waals surface area (Å²) in [7, 11) is -1.73. The number of nitrogen functional groups attached to an aromatic ring is 1. The molecule has 1 saturated carbocycles. The molecule has 1 aliphatic carbocycles. The van der Waals surface area contributed by atoms with Crippen LogP contribution in [-0.4, -0.2) is 21.5 Å². The second-order valence-corrected chi connectivity index (χ2v) is 7.12. The second kappa shape index (κ2) is 6.01. The monoisotopic (exact) mass is 297 g/mol. The highest BCUT2D eigenvalue weighted by atomic mass is 32.2. The molecule has 0 heterocycles. The number of primary sulfonamides is 1. The zero-order chi connectivity index (χ0) is 14.8. The van der Waals surface area contributed by atoms with E-state index in [0.29, 0.717) is 11.7 Å². The number of nitrogens with zero attached hydrogens (tertiary/aromatic N) is 1. The van der Waals surface area contributed by atoms with Crippen LogP contribution in [0.3, 0.4) is 0 Å². The Morgan fingerprint density at radius 3 is 2.25 bits per heavy atom. The molecule has 4 N–H and O–H groups in total. The van der Waals surface area contributed by atoms with Crippen molar-refractivity contribution >= 4 is 21.4 Å². The fourth-order valence-electron chi connectivity index (χ4n) is 2.83. The molecule has 0 unspecified atom stereocenters. The standard InChI is InChI=1S/C14H23N3O2S/c1-17(12-6-4-2-3-5-7-12)13-8-11(15)9-14(10-13)20(16,18)19/h8-10,12H,2-7,15H2,1H3,(H2,16,18,19). The first kappa shape index (κ1) is 15.1. The molecular formula is C14H23N3O2S. The van der Waals surface area contributed by atoms with Crippen LogP contribution < -0.4 is 15.8 Å². The molecule has 0 radical (unpaired) electrons. The maximum Gasteiger partial charge on any atom is 0.238 e. The topological polar surface area (TPSA) is 89.4 Å². The first-order valence-corrected chi connectivity index (χ1v) is 8.59. The Hall–Kier alpha value is -1.27. The van der Waals surface area contributed by atoms with Gasteiger partial charge >= 0.3 is 0 Å². The summed E-state index contributed by atoms with van der Waals surface area (Å²) < 4.78 is 23.0. The van der Waals surface area contributed by atoms with Crippen molar-refractivity contribution in [2.24, 2.45) is 5.14 Å². The molecule has 112 valence electrons. The fraction of sp³-hybridized carbons (Fsp3) is 0.571. The molecule has 20 heavy (non-hydrogen) atoms. The van der Waals surface area contributed by atoms with Gasteiger partial charge in [0.2, 0.25) is 10.0 Å². The second-order valence-electron chi connectivity index (χ2n) is 5.56. The lowest BCUT2D eigenvalue weighted by molar-refractivity contribution is 0.552. The van der Waals surface area contributed by atoms with Gasteiger partial charge < -0.3 is 10.6 Å². The largest absolute Gasteiger partial charge is 0.399 e. The van der Waals surface area contributed by atoms with Crippen LogP contribution in [-0.2, 0) is 10.0 Å². The van der Waals surface area contributed by atoms with Crippen molar-refractivity contribution < 1.29 is 8.42 Å². The number of hydrogen-bond donors (Lipinski definition) is 2. The van der Waals surface area contributed by atoms with Crippen molar-refractivity contribution in [3.63, 3.8) is 0 Å². The first-order chi connectivity index (χ1) is 9.38. The smallest absolute Gasteiger partial charge is 0.238 e. The van der Waals surface area contributed by atoms with Crippen LogP contribution in [0.1, 0.15) is 38.5 Å². The van der Waals surface area contributed by atoms with Gasteiger partial charge in [-0.3, -0.25) is 0 Å². The van der Waals surface area contributed by atoms with Gasteiger partial charge in [-0.25, -0.2) is 13.6 Å². The van der Waals surface area contributed by atoms with Crippen LogP contribution in [0.15, 0.2) is 23.1 Å². The summed E-state index contributed by atoms with van der Waals surface area (Å²) in [6.45, 7) is 0. The Labute approximate surface area is 121 Å². The van der Waals surface area contributed by atoms with E-state index in [4.69, 9.17) is 10.9 Å². The molecular weight excluding hydrogens is 274 g/mol. The molecule has 0 atom stereocenters. The Morgan fingerprint density at radius 2 is 1.70 bits per heavy atom. The molecule has 0 bridgehead atoms. The molecule has 5 nitrogen and oxygen atoms in total.